The zero-order valence-corrected chi connectivity index (χ0v) is 18.2. The van der Waals surface area contributed by atoms with E-state index in [1.54, 1.807) is 0 Å². The number of aliphatic hydroxyl groups is 2. The lowest BCUT2D eigenvalue weighted by Gasteiger charge is -2.19. The first kappa shape index (κ1) is 25.6. The number of rotatable bonds is 8. The van der Waals surface area contributed by atoms with Crippen molar-refractivity contribution in [3.63, 3.8) is 0 Å². The van der Waals surface area contributed by atoms with Crippen LogP contribution in [0.3, 0.4) is 0 Å². The topological polar surface area (TPSA) is 247 Å². The van der Waals surface area contributed by atoms with Crippen LogP contribution in [0.1, 0.15) is 11.8 Å². The van der Waals surface area contributed by atoms with Gasteiger partial charge in [0.2, 0.25) is 0 Å². The molecule has 1 aromatic heterocycles. The summed E-state index contributed by atoms with van der Waals surface area (Å²) in [5, 5.41) is 20.2. The molecule has 172 valence electrons. The Morgan fingerprint density at radius 1 is 1.13 bits per heavy atom. The maximum absolute atomic E-state index is 11.7. The molecule has 3 unspecified atom stereocenters. The van der Waals surface area contributed by atoms with Crippen molar-refractivity contribution in [2.45, 2.75) is 31.5 Å². The second-order valence-electron chi connectivity index (χ2n) is 5.91. The highest BCUT2D eigenvalue weighted by Gasteiger charge is 2.46. The van der Waals surface area contributed by atoms with Crippen molar-refractivity contribution in [2.24, 2.45) is 0 Å². The van der Waals surface area contributed by atoms with Crippen molar-refractivity contribution in [1.82, 2.24) is 9.55 Å². The standard InChI is InChI=1S/C10H17N2O14P3S/c1-4-2-12(10(30)11-8(4)15)9-7(14)6(13)5(24-9)3-23-28(19,20)26-29(21,22)25-27(16,17)18/h2,5-7,9,13-14H,3H2,1H3,(H,19,20)(H,21,22)(H,11,15,30)(H2,16,17,18)/t5-,6+,7?,9-/m1/s1. The van der Waals surface area contributed by atoms with Gasteiger partial charge in [-0.1, -0.05) is 0 Å². The number of aliphatic hydroxyl groups excluding tert-OH is 2. The number of aryl methyl sites for hydroxylation is 1. The Bertz CT molecular complexity index is 1050. The molecule has 6 atom stereocenters. The van der Waals surface area contributed by atoms with Gasteiger partial charge < -0.3 is 34.5 Å². The molecule has 0 amide bonds. The second kappa shape index (κ2) is 9.10. The van der Waals surface area contributed by atoms with Gasteiger partial charge in [-0.2, -0.15) is 8.62 Å². The molecule has 0 bridgehead atoms. The van der Waals surface area contributed by atoms with Crippen molar-refractivity contribution in [2.75, 3.05) is 6.61 Å². The van der Waals surface area contributed by atoms with Crippen LogP contribution < -0.4 is 5.56 Å². The Balaban J connectivity index is 2.09. The molecule has 1 aliphatic rings. The van der Waals surface area contributed by atoms with Crippen molar-refractivity contribution in [3.05, 3.63) is 26.9 Å². The average Bonchev–Trinajstić information content (AvgIpc) is 2.81. The van der Waals surface area contributed by atoms with Gasteiger partial charge in [0.15, 0.2) is 11.0 Å². The smallest absolute Gasteiger partial charge is 0.387 e. The maximum atomic E-state index is 11.7. The van der Waals surface area contributed by atoms with Crippen molar-refractivity contribution >= 4 is 35.7 Å². The molecule has 16 nitrogen and oxygen atoms in total. The van der Waals surface area contributed by atoms with Crippen molar-refractivity contribution < 1.29 is 61.4 Å². The summed E-state index contributed by atoms with van der Waals surface area (Å²) < 4.78 is 51.3. The first-order valence-electron chi connectivity index (χ1n) is 7.63. The quantitative estimate of drug-likeness (QED) is 0.165. The lowest BCUT2D eigenvalue weighted by Crippen LogP contribution is -2.34. The monoisotopic (exact) mass is 514 g/mol. The fourth-order valence-electron chi connectivity index (χ4n) is 2.34. The van der Waals surface area contributed by atoms with E-state index >= 15 is 0 Å². The third-order valence-electron chi connectivity index (χ3n) is 3.58. The van der Waals surface area contributed by atoms with Crippen LogP contribution in [0.4, 0.5) is 0 Å². The Morgan fingerprint density at radius 3 is 2.30 bits per heavy atom. The average molecular weight is 514 g/mol. The van der Waals surface area contributed by atoms with E-state index in [0.29, 0.717) is 0 Å². The molecule has 1 fully saturated rings. The Morgan fingerprint density at radius 2 is 1.73 bits per heavy atom. The summed E-state index contributed by atoms with van der Waals surface area (Å²) in [6.07, 6.45) is -4.90. The van der Waals surface area contributed by atoms with Gasteiger partial charge in [-0.25, -0.2) is 13.7 Å². The number of phosphoric acid groups is 3. The van der Waals surface area contributed by atoms with E-state index in [4.69, 9.17) is 31.6 Å². The number of hydrogen-bond acceptors (Lipinski definition) is 11. The number of H-pyrrole nitrogens is 1. The molecular formula is C10H17N2O14P3S. The van der Waals surface area contributed by atoms with Crippen molar-refractivity contribution in [3.8, 4) is 0 Å². The molecule has 0 saturated carbocycles. The van der Waals surface area contributed by atoms with Crippen LogP contribution in [0.25, 0.3) is 0 Å². The summed E-state index contributed by atoms with van der Waals surface area (Å²) in [5.41, 5.74) is -0.293. The molecule has 0 radical (unpaired) electrons. The van der Waals surface area contributed by atoms with E-state index < -0.39 is 60.2 Å². The van der Waals surface area contributed by atoms with Gasteiger partial charge in [-0.3, -0.25) is 18.9 Å². The Kier molecular flexibility index (Phi) is 7.78. The second-order valence-corrected chi connectivity index (χ2v) is 10.7. The van der Waals surface area contributed by atoms with Crippen molar-refractivity contribution in [1.29, 1.82) is 0 Å². The number of phosphoric ester groups is 1. The largest absolute Gasteiger partial charge is 0.490 e. The molecule has 1 aliphatic heterocycles. The number of nitrogens with zero attached hydrogens (tertiary/aromatic N) is 1. The first-order chi connectivity index (χ1) is 13.5. The van der Waals surface area contributed by atoms with E-state index in [9.17, 15) is 33.6 Å². The van der Waals surface area contributed by atoms with Crippen LogP contribution in [0.15, 0.2) is 11.0 Å². The number of nitrogens with one attached hydrogen (secondary N) is 1. The summed E-state index contributed by atoms with van der Waals surface area (Å²) >= 11 is 4.96. The molecule has 30 heavy (non-hydrogen) atoms. The van der Waals surface area contributed by atoms with E-state index in [0.717, 1.165) is 4.57 Å². The molecular weight excluding hydrogens is 497 g/mol. The van der Waals surface area contributed by atoms with Crippen LogP contribution >= 0.6 is 35.7 Å². The summed E-state index contributed by atoms with van der Waals surface area (Å²) in [4.78, 5) is 49.3. The normalized spacial score (nSPS) is 28.8. The SMILES string of the molecule is Cc1cn([C@@H]2O[C@H](COP(=O)(O)OP(=O)(O)OP(=O)(O)O)[C@H](O)C2O)c(=S)[nH]c1=O. The molecule has 0 aromatic carbocycles. The van der Waals surface area contributed by atoms with Gasteiger partial charge >= 0.3 is 23.5 Å². The number of aromatic amines is 1. The Labute approximate surface area is 172 Å². The van der Waals surface area contributed by atoms with Crippen LogP contribution in [-0.4, -0.2) is 64.3 Å². The molecule has 7 N–H and O–H groups in total. The van der Waals surface area contributed by atoms with Gasteiger partial charge in [-0.15, -0.1) is 0 Å². The third-order valence-corrected chi connectivity index (χ3v) is 7.69. The van der Waals surface area contributed by atoms with Gasteiger partial charge in [0.1, 0.15) is 18.3 Å². The minimum atomic E-state index is -5.71. The van der Waals surface area contributed by atoms with E-state index in [-0.39, 0.29) is 10.3 Å². The fraction of sp³-hybridized carbons (Fsp3) is 0.600. The summed E-state index contributed by atoms with van der Waals surface area (Å²) in [6, 6.07) is 0. The molecule has 1 aromatic rings. The lowest BCUT2D eigenvalue weighted by molar-refractivity contribution is -0.0534. The third kappa shape index (κ3) is 6.69. The molecule has 2 heterocycles. The minimum Gasteiger partial charge on any atom is -0.387 e. The summed E-state index contributed by atoms with van der Waals surface area (Å²) in [7, 11) is -16.7. The predicted molar refractivity (Wildman–Crippen MR) is 96.4 cm³/mol. The number of aromatic nitrogens is 2. The van der Waals surface area contributed by atoms with Gasteiger partial charge in [-0.05, 0) is 19.1 Å². The van der Waals surface area contributed by atoms with Gasteiger partial charge in [0.25, 0.3) is 5.56 Å². The zero-order chi connectivity index (χ0) is 23.1. The predicted octanol–water partition coefficient (Wildman–Crippen LogP) is -0.823. The fourth-order valence-corrected chi connectivity index (χ4v) is 5.62. The van der Waals surface area contributed by atoms with Crippen LogP contribution in [0, 0.1) is 11.7 Å². The molecule has 2 rings (SSSR count). The molecule has 1 saturated heterocycles. The highest BCUT2D eigenvalue weighted by atomic mass is 32.1. The maximum Gasteiger partial charge on any atom is 0.490 e. The molecule has 0 spiro atoms. The van der Waals surface area contributed by atoms with E-state index in [1.807, 2.05) is 0 Å². The molecule has 20 heteroatoms. The van der Waals surface area contributed by atoms with Crippen LogP contribution in [-0.2, 0) is 31.6 Å². The highest BCUT2D eigenvalue weighted by molar-refractivity contribution is 7.71. The molecule has 0 aliphatic carbocycles. The van der Waals surface area contributed by atoms with Crippen LogP contribution in [0.5, 0.6) is 0 Å². The van der Waals surface area contributed by atoms with E-state index in [1.165, 1.54) is 13.1 Å². The van der Waals surface area contributed by atoms with Crippen LogP contribution in [0.2, 0.25) is 0 Å². The minimum absolute atomic E-state index is 0.157. The van der Waals surface area contributed by atoms with Gasteiger partial charge in [0.05, 0.1) is 6.61 Å². The van der Waals surface area contributed by atoms with E-state index in [2.05, 4.69) is 18.1 Å². The number of hydrogen-bond donors (Lipinski definition) is 7. The lowest BCUT2D eigenvalue weighted by atomic mass is 10.1. The Hall–Kier alpha value is -0.610. The number of ether oxygens (including phenoxy) is 1. The highest BCUT2D eigenvalue weighted by Crippen LogP contribution is 2.66. The van der Waals surface area contributed by atoms with Gasteiger partial charge in [0, 0.05) is 11.8 Å². The zero-order valence-electron chi connectivity index (χ0n) is 14.7. The summed E-state index contributed by atoms with van der Waals surface area (Å²) in [6.45, 7) is 0.461. The summed E-state index contributed by atoms with van der Waals surface area (Å²) in [5.74, 6) is 0. The first-order valence-corrected chi connectivity index (χ1v) is 12.6.